The predicted octanol–water partition coefficient (Wildman–Crippen LogP) is 39.9. The lowest BCUT2D eigenvalue weighted by atomic mass is 10.0. The van der Waals surface area contributed by atoms with Crippen LogP contribution >= 0.6 is 0 Å². The largest absolute Gasteiger partial charge is 0.311 e. The monoisotopic (exact) mass is 1870 g/mol. The van der Waals surface area contributed by atoms with Gasteiger partial charge in [0.25, 0.3) is 0 Å². The van der Waals surface area contributed by atoms with E-state index in [2.05, 4.69) is 605 Å². The standard InChI is InChI=1S/C118H98N6.C20H19N/c1-7-8-9-10-88-21-57-106(58-22-88)124-117-79-43-99(44-80-117)97-39-75-115(76-40-97)122(104-53-17-86(5)18-54-104)113-71-35-95(36-72-113)93-31-67-111(68-32-93)120(102-49-13-84(3)14-50-102)109-63-27-91(28-64-109)89-23-59-107(60-24-89)119(101-47-11-83(2)12-48-101)108-61-25-90(26-62-108)92-29-65-110(66-30-92)121(103-51-15-85(4)16-52-103)112-69-33-94(34-70-112)96-37-73-114(74-38-96)123(105-55-19-87(6)20-56-105)116-77-41-98(42-78-116)100-45-81-118(124)82-46-100;1-16-13-14-20(17(2)15-16)21(18-9-5-3-6-10-18)19-11-7-4-8-12-19/h11-82H,7-10H2,1-6H3;3-15H,1-2H3. The fraction of sp³-hybridized carbons (Fsp3) is 0.0870. The van der Waals surface area contributed by atoms with Gasteiger partial charge < -0.3 is 34.3 Å². The SMILES string of the molecule is CCCCCc1ccc(N2c3ccc(cc3)-c3ccc(cc3)N(c3ccc(C)cc3)c3ccc(cc3)-c3ccc(cc3)N(c3ccc(C)cc3)c3ccc(cc3)-c3ccc(cc3)N(c3ccc(C)cc3)c3ccc(cc3)-c3ccc(cc3)N(c3ccc(C)cc3)c3ccc(cc3)-c3ccc(cc3)N(c3ccc(C)cc3)c3ccc(cc3)-c3ccc2cc3)cc1.Cc1ccc(N(c2ccccc2)c2ccccc2)c(C)c1. The van der Waals surface area contributed by atoms with Crippen LogP contribution in [0.25, 0.3) is 66.8 Å². The third-order valence-electron chi connectivity index (χ3n) is 27.9. The van der Waals surface area contributed by atoms with Gasteiger partial charge in [-0.05, 0) is 388 Å². The minimum absolute atomic E-state index is 1.07. The molecule has 40 rings (SSSR count). The zero-order valence-corrected chi connectivity index (χ0v) is 83.5. The summed E-state index contributed by atoms with van der Waals surface area (Å²) < 4.78 is 0. The molecule has 19 heterocycles. The minimum Gasteiger partial charge on any atom is -0.311 e. The summed E-state index contributed by atoms with van der Waals surface area (Å²) in [5.74, 6) is 0. The lowest BCUT2D eigenvalue weighted by molar-refractivity contribution is 0.717. The van der Waals surface area contributed by atoms with E-state index in [1.807, 2.05) is 0 Å². The zero-order chi connectivity index (χ0) is 98.6. The number of hydrogen-bond donors (Lipinski definition) is 0. The van der Waals surface area contributed by atoms with Crippen LogP contribution in [0.5, 0.6) is 0 Å². The molecule has 21 aromatic rings. The summed E-state index contributed by atoms with van der Waals surface area (Å²) >= 11 is 0. The molecule has 0 aliphatic carbocycles. The van der Waals surface area contributed by atoms with Crippen LogP contribution < -0.4 is 34.3 Å². The van der Waals surface area contributed by atoms with E-state index >= 15 is 0 Å². The van der Waals surface area contributed by atoms with Crippen molar-refractivity contribution in [3.05, 3.63) is 560 Å². The van der Waals surface area contributed by atoms with E-state index in [-0.39, 0.29) is 0 Å². The van der Waals surface area contributed by atoms with Crippen molar-refractivity contribution < 1.29 is 0 Å². The molecule has 0 N–H and O–H groups in total. The Morgan fingerprint density at radius 3 is 0.483 bits per heavy atom. The molecule has 0 saturated heterocycles. The summed E-state index contributed by atoms with van der Waals surface area (Å²) in [5.41, 5.74) is 46.8. The van der Waals surface area contributed by atoms with Gasteiger partial charge in [0.2, 0.25) is 0 Å². The summed E-state index contributed by atoms with van der Waals surface area (Å²) in [7, 11) is 0. The smallest absolute Gasteiger partial charge is 0.0490 e. The third-order valence-corrected chi connectivity index (χ3v) is 27.9. The first-order valence-electron chi connectivity index (χ1n) is 50.6. The average Bonchev–Trinajstić information content (AvgIpc) is 0.794. The van der Waals surface area contributed by atoms with E-state index in [4.69, 9.17) is 0 Å². The van der Waals surface area contributed by atoms with Crippen molar-refractivity contribution in [2.24, 2.45) is 0 Å². The Bertz CT molecular complexity index is 7330. The second-order valence-electron chi connectivity index (χ2n) is 38.2. The molecular formula is C138H117N7. The molecule has 0 saturated carbocycles. The van der Waals surface area contributed by atoms with Crippen molar-refractivity contribution in [1.29, 1.82) is 0 Å². The third kappa shape index (κ3) is 21.0. The molecule has 24 bridgehead atoms. The van der Waals surface area contributed by atoms with Crippen LogP contribution in [0.2, 0.25) is 0 Å². The second-order valence-corrected chi connectivity index (χ2v) is 38.2. The maximum Gasteiger partial charge on any atom is 0.0490 e. The highest BCUT2D eigenvalue weighted by atomic mass is 15.2. The molecule has 19 aliphatic rings. The van der Waals surface area contributed by atoms with E-state index < -0.39 is 0 Å². The molecule has 19 aliphatic heterocycles. The molecule has 0 radical (unpaired) electrons. The Kier molecular flexibility index (Phi) is 27.6. The summed E-state index contributed by atoms with van der Waals surface area (Å²) in [6.07, 6.45) is 4.70. The highest BCUT2D eigenvalue weighted by Crippen LogP contribution is 2.48. The fourth-order valence-corrected chi connectivity index (χ4v) is 19.8. The number of unbranched alkanes of at least 4 members (excludes halogenated alkanes) is 2. The van der Waals surface area contributed by atoms with Crippen LogP contribution in [-0.4, -0.2) is 0 Å². The van der Waals surface area contributed by atoms with Crippen LogP contribution in [0.15, 0.2) is 516 Å². The van der Waals surface area contributed by atoms with Gasteiger partial charge in [-0.15, -0.1) is 0 Å². The highest BCUT2D eigenvalue weighted by molar-refractivity contribution is 5.90. The van der Waals surface area contributed by atoms with Crippen LogP contribution in [0.1, 0.15) is 70.7 Å². The van der Waals surface area contributed by atoms with E-state index in [1.165, 1.54) is 80.8 Å². The topological polar surface area (TPSA) is 22.7 Å². The summed E-state index contributed by atoms with van der Waals surface area (Å²) in [4.78, 5) is 16.5. The average molecular weight is 1870 g/mol. The Balaban J connectivity index is 0.000000521. The van der Waals surface area contributed by atoms with Gasteiger partial charge in [-0.25, -0.2) is 0 Å². The Hall–Kier alpha value is -17.8. The fourth-order valence-electron chi connectivity index (χ4n) is 19.8. The van der Waals surface area contributed by atoms with Crippen molar-refractivity contribution in [1.82, 2.24) is 0 Å². The lowest BCUT2D eigenvalue weighted by Crippen LogP contribution is -2.11. The van der Waals surface area contributed by atoms with Crippen LogP contribution in [-0.2, 0) is 6.42 Å². The Morgan fingerprint density at radius 2 is 0.317 bits per heavy atom. The predicted molar refractivity (Wildman–Crippen MR) is 618 cm³/mol. The Labute approximate surface area is 855 Å². The van der Waals surface area contributed by atoms with Gasteiger partial charge in [0.15, 0.2) is 0 Å². The van der Waals surface area contributed by atoms with Crippen molar-refractivity contribution in [3.63, 3.8) is 0 Å². The van der Waals surface area contributed by atoms with Gasteiger partial charge in [-0.2, -0.15) is 0 Å². The van der Waals surface area contributed by atoms with Crippen molar-refractivity contribution in [3.8, 4) is 66.8 Å². The maximum absolute atomic E-state index is 2.39. The molecule has 0 amide bonds. The van der Waals surface area contributed by atoms with E-state index in [0.717, 1.165) is 176 Å². The number of nitrogens with zero attached hydrogens (tertiary/aromatic N) is 7. The van der Waals surface area contributed by atoms with E-state index in [0.29, 0.717) is 0 Å². The van der Waals surface area contributed by atoms with Gasteiger partial charge in [0.05, 0.1) is 0 Å². The molecule has 0 aromatic heterocycles. The van der Waals surface area contributed by atoms with E-state index in [1.54, 1.807) is 0 Å². The Morgan fingerprint density at radius 1 is 0.159 bits per heavy atom. The summed E-state index contributed by atoms with van der Waals surface area (Å²) in [5, 5.41) is 0. The number of aryl methyl sites for hydroxylation is 8. The molecular weight excluding hydrogens is 1760 g/mol. The molecule has 21 aromatic carbocycles. The van der Waals surface area contributed by atoms with Gasteiger partial charge >= 0.3 is 0 Å². The van der Waals surface area contributed by atoms with Gasteiger partial charge in [0, 0.05) is 119 Å². The van der Waals surface area contributed by atoms with Gasteiger partial charge in [-0.1, -0.05) is 320 Å². The first-order chi connectivity index (χ1) is 71.2. The highest BCUT2D eigenvalue weighted by Gasteiger charge is 2.24. The number of para-hydroxylation sites is 2. The quantitative estimate of drug-likeness (QED) is 0.106. The summed E-state index contributed by atoms with van der Waals surface area (Å²) in [6.45, 7) is 17.3. The number of rotatable bonds is 13. The molecule has 7 nitrogen and oxygen atoms in total. The van der Waals surface area contributed by atoms with Gasteiger partial charge in [-0.3, -0.25) is 0 Å². The van der Waals surface area contributed by atoms with E-state index in [9.17, 15) is 0 Å². The molecule has 704 valence electrons. The lowest BCUT2D eigenvalue weighted by Gasteiger charge is -2.27. The van der Waals surface area contributed by atoms with Crippen molar-refractivity contribution in [2.45, 2.75) is 81.1 Å². The molecule has 7 heteroatoms. The minimum atomic E-state index is 1.07. The van der Waals surface area contributed by atoms with Crippen LogP contribution in [0.3, 0.4) is 0 Å². The first-order valence-corrected chi connectivity index (χ1v) is 50.6. The molecule has 0 unspecified atom stereocenters. The maximum atomic E-state index is 2.39. The van der Waals surface area contributed by atoms with Crippen LogP contribution in [0, 0.1) is 48.5 Å². The molecule has 0 spiro atoms. The van der Waals surface area contributed by atoms with Gasteiger partial charge in [0.1, 0.15) is 0 Å². The van der Waals surface area contributed by atoms with Crippen LogP contribution in [0.4, 0.5) is 119 Å². The van der Waals surface area contributed by atoms with Crippen molar-refractivity contribution in [2.75, 3.05) is 34.3 Å². The first kappa shape index (κ1) is 93.5. The molecule has 0 atom stereocenters. The normalized spacial score (nSPS) is 11.9. The van der Waals surface area contributed by atoms with Crippen molar-refractivity contribution >= 4 is 119 Å². The number of anilines is 21. The molecule has 0 fully saturated rings. The molecule has 145 heavy (non-hydrogen) atoms. The number of benzene rings is 21. The zero-order valence-electron chi connectivity index (χ0n) is 83.5. The summed E-state index contributed by atoms with van der Waals surface area (Å²) in [6, 6.07) is 189. The number of hydrogen-bond acceptors (Lipinski definition) is 7. The second kappa shape index (κ2) is 42.7.